The van der Waals surface area contributed by atoms with Crippen LogP contribution in [-0.4, -0.2) is 54.2 Å². The molecule has 0 spiro atoms. The van der Waals surface area contributed by atoms with Gasteiger partial charge in [-0.25, -0.2) is 0 Å². The molecule has 1 aliphatic heterocycles. The van der Waals surface area contributed by atoms with Crippen molar-refractivity contribution in [3.05, 3.63) is 35.5 Å². The summed E-state index contributed by atoms with van der Waals surface area (Å²) >= 11 is 0. The van der Waals surface area contributed by atoms with E-state index in [4.69, 9.17) is 14.0 Å². The smallest absolute Gasteiger partial charge is 0.226 e. The maximum atomic E-state index is 13.3. The van der Waals surface area contributed by atoms with Crippen LogP contribution in [0.5, 0.6) is 11.5 Å². The second-order valence-corrected chi connectivity index (χ2v) is 9.30. The maximum absolute atomic E-state index is 13.3. The fourth-order valence-corrected chi connectivity index (χ4v) is 5.03. The van der Waals surface area contributed by atoms with Gasteiger partial charge in [0.2, 0.25) is 17.7 Å². The largest absolute Gasteiger partial charge is 0.493 e. The molecule has 1 N–H and O–H groups in total. The van der Waals surface area contributed by atoms with Gasteiger partial charge in [-0.1, -0.05) is 36.9 Å². The number of hydrogen-bond donors (Lipinski definition) is 1. The Morgan fingerprint density at radius 1 is 1.18 bits per heavy atom. The molecule has 0 radical (unpaired) electrons. The van der Waals surface area contributed by atoms with Crippen molar-refractivity contribution < 1.29 is 23.6 Å². The predicted octanol–water partition coefficient (Wildman–Crippen LogP) is 3.15. The number of methoxy groups -OCH3 is 2. The first-order valence-electron chi connectivity index (χ1n) is 12.1. The van der Waals surface area contributed by atoms with Crippen LogP contribution in [0.4, 0.5) is 0 Å². The summed E-state index contributed by atoms with van der Waals surface area (Å²) in [5.41, 5.74) is 0.421. The number of hydrogen-bond acceptors (Lipinski definition) is 7. The zero-order chi connectivity index (χ0) is 24.1. The van der Waals surface area contributed by atoms with Crippen LogP contribution in [0.15, 0.2) is 22.7 Å². The van der Waals surface area contributed by atoms with Gasteiger partial charge >= 0.3 is 0 Å². The Kier molecular flexibility index (Phi) is 7.38. The normalized spacial score (nSPS) is 20.1. The number of aryl methyl sites for hydroxylation is 1. The van der Waals surface area contributed by atoms with Crippen LogP contribution < -0.4 is 14.8 Å². The number of nitrogens with zero attached hydrogens (tertiary/aromatic N) is 3. The van der Waals surface area contributed by atoms with Gasteiger partial charge < -0.3 is 24.2 Å². The molecule has 2 amide bonds. The lowest BCUT2D eigenvalue weighted by molar-refractivity contribution is -0.129. The minimum Gasteiger partial charge on any atom is -0.493 e. The number of aromatic nitrogens is 2. The quantitative estimate of drug-likeness (QED) is 0.591. The highest BCUT2D eigenvalue weighted by Gasteiger charge is 2.42. The van der Waals surface area contributed by atoms with Crippen LogP contribution in [0, 0.1) is 12.8 Å². The molecule has 1 unspecified atom stereocenters. The number of amides is 2. The molecule has 2 aromatic rings. The Bertz CT molecular complexity index is 1010. The van der Waals surface area contributed by atoms with Gasteiger partial charge in [-0.2, -0.15) is 4.98 Å². The predicted molar refractivity (Wildman–Crippen MR) is 124 cm³/mol. The van der Waals surface area contributed by atoms with Gasteiger partial charge in [0.25, 0.3) is 0 Å². The molecule has 1 aromatic carbocycles. The fourth-order valence-electron chi connectivity index (χ4n) is 5.03. The third-order valence-electron chi connectivity index (χ3n) is 6.98. The van der Waals surface area contributed by atoms with Gasteiger partial charge in [0.1, 0.15) is 5.54 Å². The van der Waals surface area contributed by atoms with Crippen LogP contribution in [0.1, 0.15) is 62.2 Å². The summed E-state index contributed by atoms with van der Waals surface area (Å²) in [5, 5.41) is 7.41. The number of rotatable bonds is 8. The molecule has 4 rings (SSSR count). The number of carbonyl (C=O) groups excluding carboxylic acids is 2. The van der Waals surface area contributed by atoms with Crippen molar-refractivity contribution >= 4 is 11.8 Å². The van der Waals surface area contributed by atoms with Crippen molar-refractivity contribution in [2.45, 2.75) is 63.8 Å². The molecular formula is C25H34N4O5. The lowest BCUT2D eigenvalue weighted by Crippen LogP contribution is -2.49. The van der Waals surface area contributed by atoms with E-state index in [1.807, 2.05) is 18.2 Å². The van der Waals surface area contributed by atoms with E-state index in [0.717, 1.165) is 44.1 Å². The molecule has 1 saturated heterocycles. The van der Waals surface area contributed by atoms with Crippen LogP contribution in [0.3, 0.4) is 0 Å². The second-order valence-electron chi connectivity index (χ2n) is 9.30. The van der Waals surface area contributed by atoms with E-state index in [0.29, 0.717) is 42.7 Å². The molecule has 1 aliphatic carbocycles. The Balaban J connectivity index is 1.40. The van der Waals surface area contributed by atoms with Crippen molar-refractivity contribution in [2.24, 2.45) is 5.92 Å². The molecule has 9 heteroatoms. The summed E-state index contributed by atoms with van der Waals surface area (Å²) in [4.78, 5) is 32.3. The van der Waals surface area contributed by atoms with E-state index in [1.54, 1.807) is 26.0 Å². The molecule has 184 valence electrons. The zero-order valence-corrected chi connectivity index (χ0v) is 20.3. The molecule has 2 aliphatic rings. The highest BCUT2D eigenvalue weighted by Crippen LogP contribution is 2.35. The molecule has 1 atom stereocenters. The fraction of sp³-hybridized carbons (Fsp3) is 0.600. The van der Waals surface area contributed by atoms with E-state index in [-0.39, 0.29) is 24.2 Å². The van der Waals surface area contributed by atoms with E-state index < -0.39 is 5.54 Å². The number of carbonyl (C=O) groups is 2. The minimum atomic E-state index is -0.624. The summed E-state index contributed by atoms with van der Waals surface area (Å²) in [6, 6.07) is 5.75. The number of benzene rings is 1. The van der Waals surface area contributed by atoms with Crippen LogP contribution in [-0.2, 0) is 21.5 Å². The Morgan fingerprint density at radius 2 is 1.91 bits per heavy atom. The van der Waals surface area contributed by atoms with E-state index in [2.05, 4.69) is 15.5 Å². The first kappa shape index (κ1) is 24.0. The standard InChI is InChI=1S/C25H34N4O5/c1-17-26-24(28-34-17)25(11-6-4-5-7-12-25)27-23(31)19-15-22(30)29(16-19)13-10-18-8-9-20(32-2)21(14-18)33-3/h8-9,14,19H,4-7,10-13,15-16H2,1-3H3,(H,27,31). The lowest BCUT2D eigenvalue weighted by Gasteiger charge is -2.31. The zero-order valence-electron chi connectivity index (χ0n) is 20.3. The summed E-state index contributed by atoms with van der Waals surface area (Å²) < 4.78 is 15.9. The van der Waals surface area contributed by atoms with Crippen molar-refractivity contribution in [1.82, 2.24) is 20.4 Å². The number of likely N-dealkylation sites (tertiary alicyclic amines) is 1. The monoisotopic (exact) mass is 470 g/mol. The number of nitrogens with one attached hydrogen (secondary N) is 1. The number of ether oxygens (including phenoxy) is 2. The molecular weight excluding hydrogens is 436 g/mol. The molecule has 34 heavy (non-hydrogen) atoms. The summed E-state index contributed by atoms with van der Waals surface area (Å²) in [5.74, 6) is 1.89. The topological polar surface area (TPSA) is 107 Å². The van der Waals surface area contributed by atoms with Crippen molar-refractivity contribution in [1.29, 1.82) is 0 Å². The minimum absolute atomic E-state index is 0.00551. The van der Waals surface area contributed by atoms with Gasteiger partial charge in [0.05, 0.1) is 20.1 Å². The van der Waals surface area contributed by atoms with E-state index >= 15 is 0 Å². The third kappa shape index (κ3) is 5.18. The average molecular weight is 471 g/mol. The third-order valence-corrected chi connectivity index (χ3v) is 6.98. The van der Waals surface area contributed by atoms with E-state index in [9.17, 15) is 9.59 Å². The molecule has 1 saturated carbocycles. The Labute approximate surface area is 200 Å². The highest BCUT2D eigenvalue weighted by atomic mass is 16.5. The Morgan fingerprint density at radius 3 is 2.56 bits per heavy atom. The van der Waals surface area contributed by atoms with Gasteiger partial charge in [-0.3, -0.25) is 9.59 Å². The van der Waals surface area contributed by atoms with Crippen molar-refractivity contribution in [2.75, 3.05) is 27.3 Å². The van der Waals surface area contributed by atoms with Crippen LogP contribution in [0.25, 0.3) is 0 Å². The summed E-state index contributed by atoms with van der Waals surface area (Å²) in [6.07, 6.45) is 6.69. The van der Waals surface area contributed by atoms with Gasteiger partial charge in [0, 0.05) is 26.4 Å². The van der Waals surface area contributed by atoms with Gasteiger partial charge in [-0.15, -0.1) is 0 Å². The average Bonchev–Trinajstić information content (AvgIpc) is 3.36. The van der Waals surface area contributed by atoms with Gasteiger partial charge in [0.15, 0.2) is 17.3 Å². The molecule has 2 heterocycles. The summed E-state index contributed by atoms with van der Waals surface area (Å²) in [6.45, 7) is 2.72. The Hall–Kier alpha value is -3.10. The molecule has 0 bridgehead atoms. The van der Waals surface area contributed by atoms with Crippen molar-refractivity contribution in [3.8, 4) is 11.5 Å². The molecule has 9 nitrogen and oxygen atoms in total. The highest BCUT2D eigenvalue weighted by molar-refractivity contribution is 5.89. The SMILES string of the molecule is COc1ccc(CCN2CC(C(=O)NC3(c4noc(C)n4)CCCCCC3)CC2=O)cc1OC. The molecule has 1 aromatic heterocycles. The first-order chi connectivity index (χ1) is 16.4. The van der Waals surface area contributed by atoms with E-state index in [1.165, 1.54) is 0 Å². The van der Waals surface area contributed by atoms with Crippen LogP contribution >= 0.6 is 0 Å². The molecule has 2 fully saturated rings. The lowest BCUT2D eigenvalue weighted by atomic mass is 9.88. The van der Waals surface area contributed by atoms with Gasteiger partial charge in [-0.05, 0) is 37.0 Å². The van der Waals surface area contributed by atoms with Crippen molar-refractivity contribution in [3.63, 3.8) is 0 Å². The van der Waals surface area contributed by atoms with Crippen LogP contribution in [0.2, 0.25) is 0 Å². The maximum Gasteiger partial charge on any atom is 0.226 e. The second kappa shape index (κ2) is 10.4. The summed E-state index contributed by atoms with van der Waals surface area (Å²) in [7, 11) is 3.20. The first-order valence-corrected chi connectivity index (χ1v) is 12.1.